The van der Waals surface area contributed by atoms with Crippen molar-refractivity contribution in [3.8, 4) is 0 Å². The Kier molecular flexibility index (Phi) is 4.70. The van der Waals surface area contributed by atoms with Crippen LogP contribution in [0.4, 0.5) is 0 Å². The number of ether oxygens (including phenoxy) is 1. The van der Waals surface area contributed by atoms with E-state index in [4.69, 9.17) is 10.5 Å². The Morgan fingerprint density at radius 2 is 1.63 bits per heavy atom. The average molecular weight is 255 g/mol. The molecule has 0 spiro atoms. The first-order valence-electron chi connectivity index (χ1n) is 6.29. The van der Waals surface area contributed by atoms with Crippen molar-refractivity contribution in [3.63, 3.8) is 0 Å². The van der Waals surface area contributed by atoms with Crippen LogP contribution >= 0.6 is 0 Å². The Balaban J connectivity index is 1.92. The van der Waals surface area contributed by atoms with Gasteiger partial charge < -0.3 is 10.5 Å². The summed E-state index contributed by atoms with van der Waals surface area (Å²) in [6, 6.07) is 17.0. The van der Waals surface area contributed by atoms with Crippen molar-refractivity contribution in [2.45, 2.75) is 13.0 Å². The monoisotopic (exact) mass is 255 g/mol. The molecule has 3 nitrogen and oxygen atoms in total. The molecule has 0 aromatic heterocycles. The van der Waals surface area contributed by atoms with Gasteiger partial charge in [0.05, 0.1) is 5.56 Å². The predicted octanol–water partition coefficient (Wildman–Crippen LogP) is 2.54. The summed E-state index contributed by atoms with van der Waals surface area (Å²) in [4.78, 5) is 11.8. The molecular formula is C16H17NO2. The zero-order valence-corrected chi connectivity index (χ0v) is 10.7. The molecule has 0 atom stereocenters. The highest BCUT2D eigenvalue weighted by Gasteiger charge is 2.06. The van der Waals surface area contributed by atoms with E-state index < -0.39 is 0 Å². The Morgan fingerprint density at radius 1 is 0.947 bits per heavy atom. The van der Waals surface area contributed by atoms with Gasteiger partial charge >= 0.3 is 5.97 Å². The van der Waals surface area contributed by atoms with E-state index in [-0.39, 0.29) is 5.97 Å². The summed E-state index contributed by atoms with van der Waals surface area (Å²) in [5.74, 6) is -0.303. The number of hydrogen-bond donors (Lipinski definition) is 1. The van der Waals surface area contributed by atoms with Crippen molar-refractivity contribution in [1.82, 2.24) is 0 Å². The molecule has 3 heteroatoms. The fraction of sp³-hybridized carbons (Fsp3) is 0.188. The minimum Gasteiger partial charge on any atom is -0.457 e. The van der Waals surface area contributed by atoms with Crippen LogP contribution in [0.15, 0.2) is 54.6 Å². The van der Waals surface area contributed by atoms with E-state index in [0.29, 0.717) is 18.7 Å². The SMILES string of the molecule is NCCc1ccc(C(=O)OCc2ccccc2)cc1. The van der Waals surface area contributed by atoms with Gasteiger partial charge in [-0.25, -0.2) is 4.79 Å². The lowest BCUT2D eigenvalue weighted by Crippen LogP contribution is -2.06. The van der Waals surface area contributed by atoms with Gasteiger partial charge in [-0.05, 0) is 36.2 Å². The molecule has 0 radical (unpaired) electrons. The summed E-state index contributed by atoms with van der Waals surface area (Å²) < 4.78 is 5.25. The van der Waals surface area contributed by atoms with Crippen LogP contribution in [-0.4, -0.2) is 12.5 Å². The normalized spacial score (nSPS) is 10.2. The second-order valence-corrected chi connectivity index (χ2v) is 4.30. The van der Waals surface area contributed by atoms with Crippen molar-refractivity contribution in [2.75, 3.05) is 6.54 Å². The van der Waals surface area contributed by atoms with Gasteiger partial charge in [0.1, 0.15) is 6.61 Å². The van der Waals surface area contributed by atoms with Crippen LogP contribution in [0.25, 0.3) is 0 Å². The molecule has 0 amide bonds. The van der Waals surface area contributed by atoms with Gasteiger partial charge in [0.25, 0.3) is 0 Å². The topological polar surface area (TPSA) is 52.3 Å². The standard InChI is InChI=1S/C16H17NO2/c17-11-10-13-6-8-15(9-7-13)16(18)19-12-14-4-2-1-3-5-14/h1-9H,10-12,17H2. The van der Waals surface area contributed by atoms with E-state index in [9.17, 15) is 4.79 Å². The van der Waals surface area contributed by atoms with E-state index in [1.807, 2.05) is 42.5 Å². The number of nitrogens with two attached hydrogens (primary N) is 1. The quantitative estimate of drug-likeness (QED) is 0.835. The molecule has 98 valence electrons. The first-order valence-corrected chi connectivity index (χ1v) is 6.29. The van der Waals surface area contributed by atoms with E-state index in [2.05, 4.69) is 0 Å². The highest BCUT2D eigenvalue weighted by molar-refractivity contribution is 5.89. The van der Waals surface area contributed by atoms with E-state index >= 15 is 0 Å². The molecule has 0 heterocycles. The van der Waals surface area contributed by atoms with E-state index in [1.54, 1.807) is 12.1 Å². The zero-order chi connectivity index (χ0) is 13.5. The van der Waals surface area contributed by atoms with Crippen molar-refractivity contribution in [1.29, 1.82) is 0 Å². The number of carbonyl (C=O) groups is 1. The third kappa shape index (κ3) is 3.93. The van der Waals surface area contributed by atoms with Gasteiger partial charge in [-0.15, -0.1) is 0 Å². The third-order valence-corrected chi connectivity index (χ3v) is 2.84. The molecule has 0 aliphatic carbocycles. The van der Waals surface area contributed by atoms with Crippen molar-refractivity contribution < 1.29 is 9.53 Å². The van der Waals surface area contributed by atoms with E-state index in [0.717, 1.165) is 17.5 Å². The van der Waals surface area contributed by atoms with E-state index in [1.165, 1.54) is 0 Å². The number of esters is 1. The first-order chi connectivity index (χ1) is 9.29. The molecule has 0 unspecified atom stereocenters. The summed E-state index contributed by atoms with van der Waals surface area (Å²) in [5, 5.41) is 0. The second kappa shape index (κ2) is 6.71. The molecule has 0 saturated heterocycles. The van der Waals surface area contributed by atoms with Crippen molar-refractivity contribution >= 4 is 5.97 Å². The van der Waals surface area contributed by atoms with Crippen LogP contribution in [0.3, 0.4) is 0 Å². The maximum atomic E-state index is 11.8. The van der Waals surface area contributed by atoms with Crippen LogP contribution in [0.5, 0.6) is 0 Å². The molecule has 0 aliphatic heterocycles. The molecule has 2 aromatic rings. The molecular weight excluding hydrogens is 238 g/mol. The van der Waals surface area contributed by atoms with Gasteiger partial charge in [-0.3, -0.25) is 0 Å². The summed E-state index contributed by atoms with van der Waals surface area (Å²) in [5.41, 5.74) is 8.15. The van der Waals surface area contributed by atoms with Crippen molar-refractivity contribution in [3.05, 3.63) is 71.3 Å². The van der Waals surface area contributed by atoms with Gasteiger partial charge in [0, 0.05) is 0 Å². The average Bonchev–Trinajstić information content (AvgIpc) is 2.47. The molecule has 19 heavy (non-hydrogen) atoms. The Hall–Kier alpha value is -2.13. The smallest absolute Gasteiger partial charge is 0.338 e. The molecule has 2 aromatic carbocycles. The molecule has 2 rings (SSSR count). The molecule has 0 saturated carbocycles. The van der Waals surface area contributed by atoms with Gasteiger partial charge in [-0.2, -0.15) is 0 Å². The molecule has 0 fully saturated rings. The maximum absolute atomic E-state index is 11.8. The molecule has 2 N–H and O–H groups in total. The minimum atomic E-state index is -0.303. The second-order valence-electron chi connectivity index (χ2n) is 4.30. The highest BCUT2D eigenvalue weighted by atomic mass is 16.5. The largest absolute Gasteiger partial charge is 0.457 e. The Bertz CT molecular complexity index is 520. The lowest BCUT2D eigenvalue weighted by molar-refractivity contribution is 0.0472. The fourth-order valence-corrected chi connectivity index (χ4v) is 1.78. The maximum Gasteiger partial charge on any atom is 0.338 e. The lowest BCUT2D eigenvalue weighted by Gasteiger charge is -2.05. The van der Waals surface area contributed by atoms with Crippen LogP contribution in [0.1, 0.15) is 21.5 Å². The first kappa shape index (κ1) is 13.3. The molecule has 0 aliphatic rings. The number of benzene rings is 2. The van der Waals surface area contributed by atoms with Crippen molar-refractivity contribution in [2.24, 2.45) is 5.73 Å². The summed E-state index contributed by atoms with van der Waals surface area (Å²) in [6.45, 7) is 0.905. The van der Waals surface area contributed by atoms with Crippen LogP contribution in [-0.2, 0) is 17.8 Å². The number of rotatable bonds is 5. The lowest BCUT2D eigenvalue weighted by atomic mass is 10.1. The van der Waals surface area contributed by atoms with Crippen LogP contribution < -0.4 is 5.73 Å². The van der Waals surface area contributed by atoms with Crippen LogP contribution in [0, 0.1) is 0 Å². The summed E-state index contributed by atoms with van der Waals surface area (Å²) >= 11 is 0. The number of hydrogen-bond acceptors (Lipinski definition) is 3. The minimum absolute atomic E-state index is 0.296. The Morgan fingerprint density at radius 3 is 2.26 bits per heavy atom. The number of carbonyl (C=O) groups excluding carboxylic acids is 1. The fourth-order valence-electron chi connectivity index (χ4n) is 1.78. The van der Waals surface area contributed by atoms with Gasteiger partial charge in [-0.1, -0.05) is 42.5 Å². The molecule has 0 bridgehead atoms. The van der Waals surface area contributed by atoms with Crippen LogP contribution in [0.2, 0.25) is 0 Å². The summed E-state index contributed by atoms with van der Waals surface area (Å²) in [7, 11) is 0. The highest BCUT2D eigenvalue weighted by Crippen LogP contribution is 2.08. The third-order valence-electron chi connectivity index (χ3n) is 2.84. The van der Waals surface area contributed by atoms with Gasteiger partial charge in [0.15, 0.2) is 0 Å². The predicted molar refractivity (Wildman–Crippen MR) is 74.8 cm³/mol. The van der Waals surface area contributed by atoms with Gasteiger partial charge in [0.2, 0.25) is 0 Å². The zero-order valence-electron chi connectivity index (χ0n) is 10.7. The Labute approximate surface area is 113 Å². The summed E-state index contributed by atoms with van der Waals surface area (Å²) in [6.07, 6.45) is 0.819.